The molecule has 1 aliphatic rings. The molecule has 0 aliphatic heterocycles. The molecule has 5 nitrogen and oxygen atoms in total. The van der Waals surface area contributed by atoms with Crippen molar-refractivity contribution in [3.8, 4) is 0 Å². The largest absolute Gasteiger partial charge is 0.361 e. The van der Waals surface area contributed by atoms with Gasteiger partial charge in [-0.25, -0.2) is 9.89 Å². The molecular formula is C10H9ClN4O. The number of halogens is 1. The predicted octanol–water partition coefficient (Wildman–Crippen LogP) is 1.16. The molecule has 1 aromatic carbocycles. The fourth-order valence-electron chi connectivity index (χ4n) is 1.98. The highest BCUT2D eigenvalue weighted by Gasteiger charge is 2.48. The fourth-order valence-corrected chi connectivity index (χ4v) is 2.11. The molecule has 0 radical (unpaired) electrons. The van der Waals surface area contributed by atoms with Gasteiger partial charge in [-0.05, 0) is 41.0 Å². The Morgan fingerprint density at radius 2 is 2.00 bits per heavy atom. The van der Waals surface area contributed by atoms with E-state index in [0.29, 0.717) is 5.02 Å². The van der Waals surface area contributed by atoms with E-state index in [2.05, 4.69) is 15.5 Å². The van der Waals surface area contributed by atoms with Crippen molar-refractivity contribution in [2.75, 3.05) is 0 Å². The van der Waals surface area contributed by atoms with Crippen molar-refractivity contribution in [1.29, 1.82) is 0 Å². The van der Waals surface area contributed by atoms with Crippen molar-refractivity contribution in [2.45, 2.75) is 18.4 Å². The Morgan fingerprint density at radius 3 is 2.50 bits per heavy atom. The van der Waals surface area contributed by atoms with Crippen molar-refractivity contribution >= 4 is 11.6 Å². The summed E-state index contributed by atoms with van der Waals surface area (Å²) in [5, 5.41) is 10.3. The molecule has 1 aromatic heterocycles. The molecule has 1 heterocycles. The number of nitrogens with one attached hydrogen (secondary N) is 1. The zero-order valence-corrected chi connectivity index (χ0v) is 9.11. The third-order valence-electron chi connectivity index (χ3n) is 2.98. The summed E-state index contributed by atoms with van der Waals surface area (Å²) in [5.41, 5.74) is 0.467. The first kappa shape index (κ1) is 9.59. The van der Waals surface area contributed by atoms with Gasteiger partial charge in [0.25, 0.3) is 0 Å². The number of aromatic amines is 1. The number of aromatic nitrogens is 4. The lowest BCUT2D eigenvalue weighted by Gasteiger charge is -2.13. The van der Waals surface area contributed by atoms with Gasteiger partial charge in [0.05, 0.1) is 5.54 Å². The average Bonchev–Trinajstić information content (AvgIpc) is 2.97. The van der Waals surface area contributed by atoms with Crippen LogP contribution in [0, 0.1) is 0 Å². The van der Waals surface area contributed by atoms with E-state index in [0.717, 1.165) is 18.4 Å². The van der Waals surface area contributed by atoms with E-state index in [-0.39, 0.29) is 11.2 Å². The quantitative estimate of drug-likeness (QED) is 0.851. The standard InChI is InChI=1S/C10H9ClN4O/c11-8-3-1-7(2-4-8)10(5-6-10)15-9(16)12-13-14-15/h1-4H,5-6H2,(H,12,14,16). The van der Waals surface area contributed by atoms with E-state index in [1.165, 1.54) is 4.68 Å². The Bertz CT molecular complexity index is 567. The van der Waals surface area contributed by atoms with Crippen LogP contribution in [-0.4, -0.2) is 20.2 Å². The Balaban J connectivity index is 2.10. The first-order valence-electron chi connectivity index (χ1n) is 4.99. The molecular weight excluding hydrogens is 228 g/mol. The Labute approximate surface area is 96.0 Å². The summed E-state index contributed by atoms with van der Waals surface area (Å²) in [6.07, 6.45) is 1.81. The fraction of sp³-hybridized carbons (Fsp3) is 0.300. The SMILES string of the molecule is O=c1[nH]nnn1C1(c2ccc(Cl)cc2)CC1. The smallest absolute Gasteiger partial charge is 0.244 e. The molecule has 1 aliphatic carbocycles. The third-order valence-corrected chi connectivity index (χ3v) is 3.23. The second-order valence-corrected chi connectivity index (χ2v) is 4.39. The van der Waals surface area contributed by atoms with Crippen molar-refractivity contribution < 1.29 is 0 Å². The van der Waals surface area contributed by atoms with Crippen molar-refractivity contribution in [1.82, 2.24) is 20.2 Å². The topological polar surface area (TPSA) is 63.6 Å². The highest BCUT2D eigenvalue weighted by atomic mass is 35.5. The minimum absolute atomic E-state index is 0.271. The number of tetrazole rings is 1. The molecule has 0 bridgehead atoms. The highest BCUT2D eigenvalue weighted by molar-refractivity contribution is 6.30. The lowest BCUT2D eigenvalue weighted by Crippen LogP contribution is -2.30. The Morgan fingerprint density at radius 1 is 1.31 bits per heavy atom. The number of H-pyrrole nitrogens is 1. The maximum Gasteiger partial charge on any atom is 0.361 e. The molecule has 1 fully saturated rings. The molecule has 0 saturated heterocycles. The lowest BCUT2D eigenvalue weighted by molar-refractivity contribution is 0.477. The van der Waals surface area contributed by atoms with Crippen LogP contribution >= 0.6 is 11.6 Å². The summed E-state index contributed by atoms with van der Waals surface area (Å²) in [6.45, 7) is 0. The lowest BCUT2D eigenvalue weighted by atomic mass is 10.1. The second-order valence-electron chi connectivity index (χ2n) is 3.96. The Hall–Kier alpha value is -1.62. The average molecular weight is 237 g/mol. The third kappa shape index (κ3) is 1.28. The number of hydrogen-bond acceptors (Lipinski definition) is 3. The van der Waals surface area contributed by atoms with Gasteiger partial charge in [-0.3, -0.25) is 0 Å². The van der Waals surface area contributed by atoms with Gasteiger partial charge in [-0.1, -0.05) is 23.7 Å². The van der Waals surface area contributed by atoms with Crippen LogP contribution in [0.15, 0.2) is 29.1 Å². The van der Waals surface area contributed by atoms with Gasteiger partial charge in [0.1, 0.15) is 0 Å². The van der Waals surface area contributed by atoms with Gasteiger partial charge in [0.15, 0.2) is 0 Å². The number of rotatable bonds is 2. The maximum absolute atomic E-state index is 11.5. The normalized spacial score (nSPS) is 17.3. The highest BCUT2D eigenvalue weighted by Crippen LogP contribution is 2.47. The molecule has 6 heteroatoms. The number of hydrogen-bond donors (Lipinski definition) is 1. The van der Waals surface area contributed by atoms with Crippen LogP contribution in [-0.2, 0) is 5.54 Å². The summed E-state index contributed by atoms with van der Waals surface area (Å²) in [5.74, 6) is 0. The van der Waals surface area contributed by atoms with Crippen LogP contribution in [0.5, 0.6) is 0 Å². The molecule has 82 valence electrons. The van der Waals surface area contributed by atoms with E-state index in [1.54, 1.807) is 0 Å². The number of benzene rings is 1. The van der Waals surface area contributed by atoms with E-state index in [1.807, 2.05) is 24.3 Å². The molecule has 3 rings (SSSR count). The van der Waals surface area contributed by atoms with E-state index in [4.69, 9.17) is 11.6 Å². The molecule has 0 spiro atoms. The molecule has 1 saturated carbocycles. The molecule has 0 amide bonds. The van der Waals surface area contributed by atoms with Crippen LogP contribution in [0.25, 0.3) is 0 Å². The van der Waals surface area contributed by atoms with E-state index < -0.39 is 0 Å². The molecule has 0 unspecified atom stereocenters. The monoisotopic (exact) mass is 236 g/mol. The second kappa shape index (κ2) is 3.18. The molecule has 2 aromatic rings. The van der Waals surface area contributed by atoms with Gasteiger partial charge in [0, 0.05) is 5.02 Å². The van der Waals surface area contributed by atoms with E-state index in [9.17, 15) is 4.79 Å². The van der Waals surface area contributed by atoms with Crippen LogP contribution < -0.4 is 5.69 Å². The molecule has 1 N–H and O–H groups in total. The minimum Gasteiger partial charge on any atom is -0.244 e. The summed E-state index contributed by atoms with van der Waals surface area (Å²) in [4.78, 5) is 11.5. The zero-order valence-electron chi connectivity index (χ0n) is 8.35. The molecule has 16 heavy (non-hydrogen) atoms. The van der Waals surface area contributed by atoms with Gasteiger partial charge >= 0.3 is 5.69 Å². The van der Waals surface area contributed by atoms with Crippen LogP contribution in [0.2, 0.25) is 5.02 Å². The summed E-state index contributed by atoms with van der Waals surface area (Å²) in [6, 6.07) is 7.50. The minimum atomic E-state index is -0.311. The van der Waals surface area contributed by atoms with Gasteiger partial charge in [0.2, 0.25) is 0 Å². The summed E-state index contributed by atoms with van der Waals surface area (Å²) < 4.78 is 1.41. The maximum atomic E-state index is 11.5. The van der Waals surface area contributed by atoms with Crippen LogP contribution in [0.1, 0.15) is 18.4 Å². The first-order chi connectivity index (χ1) is 7.72. The van der Waals surface area contributed by atoms with Crippen LogP contribution in [0.3, 0.4) is 0 Å². The molecule has 0 atom stereocenters. The zero-order chi connectivity index (χ0) is 11.2. The predicted molar refractivity (Wildman–Crippen MR) is 58.4 cm³/mol. The van der Waals surface area contributed by atoms with Crippen LogP contribution in [0.4, 0.5) is 0 Å². The van der Waals surface area contributed by atoms with Gasteiger partial charge in [-0.2, -0.15) is 4.68 Å². The van der Waals surface area contributed by atoms with Crippen molar-refractivity contribution in [2.24, 2.45) is 0 Å². The number of nitrogens with zero attached hydrogens (tertiary/aromatic N) is 3. The first-order valence-corrected chi connectivity index (χ1v) is 5.37. The summed E-state index contributed by atoms with van der Waals surface area (Å²) >= 11 is 5.84. The van der Waals surface area contributed by atoms with Crippen molar-refractivity contribution in [3.63, 3.8) is 0 Å². The van der Waals surface area contributed by atoms with Gasteiger partial charge in [-0.15, -0.1) is 0 Å². The Kier molecular flexibility index (Phi) is 1.91. The van der Waals surface area contributed by atoms with Gasteiger partial charge < -0.3 is 0 Å². The van der Waals surface area contributed by atoms with Crippen molar-refractivity contribution in [3.05, 3.63) is 45.3 Å². The summed E-state index contributed by atoms with van der Waals surface area (Å²) in [7, 11) is 0. The van der Waals surface area contributed by atoms with E-state index >= 15 is 0 Å².